The Bertz CT molecular complexity index is 918. The van der Waals surface area contributed by atoms with E-state index in [9.17, 15) is 4.79 Å². The zero-order valence-corrected chi connectivity index (χ0v) is 15.0. The monoisotopic (exact) mass is 351 g/mol. The van der Waals surface area contributed by atoms with Crippen molar-refractivity contribution in [3.05, 3.63) is 71.4 Å². The molecule has 0 fully saturated rings. The first-order chi connectivity index (χ1) is 12.6. The van der Waals surface area contributed by atoms with Gasteiger partial charge in [-0.15, -0.1) is 0 Å². The van der Waals surface area contributed by atoms with E-state index in [-0.39, 0.29) is 5.91 Å². The minimum atomic E-state index is -0.287. The number of aryl methyl sites for hydroxylation is 1. The average Bonchev–Trinajstić information content (AvgIpc) is 3.07. The van der Waals surface area contributed by atoms with Gasteiger partial charge in [-0.3, -0.25) is 9.48 Å². The Balaban J connectivity index is 1.72. The number of hydrogen-bond acceptors (Lipinski definition) is 4. The lowest BCUT2D eigenvalue weighted by Gasteiger charge is -2.09. The second kappa shape index (κ2) is 7.74. The molecule has 134 valence electrons. The van der Waals surface area contributed by atoms with Crippen molar-refractivity contribution in [2.24, 2.45) is 0 Å². The fraction of sp³-hybridized carbons (Fsp3) is 0.200. The fourth-order valence-electron chi connectivity index (χ4n) is 2.68. The first-order valence-corrected chi connectivity index (χ1v) is 8.21. The Morgan fingerprint density at radius 3 is 2.69 bits per heavy atom. The Labute approximate surface area is 152 Å². The third-order valence-corrected chi connectivity index (χ3v) is 3.96. The highest BCUT2D eigenvalue weighted by atomic mass is 16.5. The number of hydrogen-bond donors (Lipinski definition) is 1. The summed E-state index contributed by atoms with van der Waals surface area (Å²) in [6.45, 7) is 2.70. The smallest absolute Gasteiger partial charge is 0.260 e. The lowest BCUT2D eigenvalue weighted by Crippen LogP contribution is -2.14. The van der Waals surface area contributed by atoms with Gasteiger partial charge in [-0.2, -0.15) is 5.10 Å². The van der Waals surface area contributed by atoms with Crippen LogP contribution in [0.5, 0.6) is 11.5 Å². The van der Waals surface area contributed by atoms with Crippen LogP contribution >= 0.6 is 0 Å². The van der Waals surface area contributed by atoms with Gasteiger partial charge in [0, 0.05) is 18.3 Å². The van der Waals surface area contributed by atoms with Gasteiger partial charge >= 0.3 is 0 Å². The van der Waals surface area contributed by atoms with E-state index in [0.717, 1.165) is 5.56 Å². The molecule has 0 spiro atoms. The zero-order valence-electron chi connectivity index (χ0n) is 15.0. The summed E-state index contributed by atoms with van der Waals surface area (Å²) in [5.41, 5.74) is 2.78. The van der Waals surface area contributed by atoms with Gasteiger partial charge < -0.3 is 14.8 Å². The van der Waals surface area contributed by atoms with Gasteiger partial charge in [0.2, 0.25) is 0 Å². The topological polar surface area (TPSA) is 65.4 Å². The highest BCUT2D eigenvalue weighted by Crippen LogP contribution is 2.25. The maximum Gasteiger partial charge on any atom is 0.260 e. The Morgan fingerprint density at radius 1 is 1.12 bits per heavy atom. The largest absolute Gasteiger partial charge is 0.497 e. The molecule has 26 heavy (non-hydrogen) atoms. The van der Waals surface area contributed by atoms with Crippen LogP contribution < -0.4 is 14.8 Å². The molecule has 0 unspecified atom stereocenters. The number of rotatable bonds is 6. The highest BCUT2D eigenvalue weighted by molar-refractivity contribution is 6.05. The fourth-order valence-corrected chi connectivity index (χ4v) is 2.68. The van der Waals surface area contributed by atoms with Gasteiger partial charge in [0.05, 0.1) is 26.3 Å². The van der Waals surface area contributed by atoms with Crippen molar-refractivity contribution in [1.82, 2.24) is 9.78 Å². The molecular weight excluding hydrogens is 330 g/mol. The number of anilines is 1. The lowest BCUT2D eigenvalue weighted by atomic mass is 10.1. The maximum absolute atomic E-state index is 12.5. The van der Waals surface area contributed by atoms with E-state index in [4.69, 9.17) is 9.47 Å². The van der Waals surface area contributed by atoms with Gasteiger partial charge in [0.15, 0.2) is 5.82 Å². The molecule has 1 aromatic heterocycles. The molecule has 0 aliphatic heterocycles. The molecule has 3 rings (SSSR count). The number of nitrogens with zero attached hydrogens (tertiary/aromatic N) is 2. The predicted octanol–water partition coefficient (Wildman–Crippen LogP) is 3.51. The van der Waals surface area contributed by atoms with Crippen molar-refractivity contribution in [2.45, 2.75) is 13.5 Å². The van der Waals surface area contributed by atoms with Crippen LogP contribution in [0.3, 0.4) is 0 Å². The third-order valence-electron chi connectivity index (χ3n) is 3.96. The van der Waals surface area contributed by atoms with Gasteiger partial charge in [0.25, 0.3) is 5.91 Å². The highest BCUT2D eigenvalue weighted by Gasteiger charge is 2.14. The van der Waals surface area contributed by atoms with E-state index in [1.165, 1.54) is 12.7 Å². The van der Waals surface area contributed by atoms with Crippen LogP contribution in [0.4, 0.5) is 5.82 Å². The molecule has 1 N–H and O–H groups in total. The molecule has 0 atom stereocenters. The van der Waals surface area contributed by atoms with E-state index in [2.05, 4.69) is 35.5 Å². The average molecular weight is 351 g/mol. The summed E-state index contributed by atoms with van der Waals surface area (Å²) >= 11 is 0. The minimum absolute atomic E-state index is 0.287. The molecule has 6 heteroatoms. The van der Waals surface area contributed by atoms with Gasteiger partial charge in [-0.1, -0.05) is 29.8 Å². The lowest BCUT2D eigenvalue weighted by molar-refractivity contribution is 0.102. The van der Waals surface area contributed by atoms with Gasteiger partial charge in [-0.25, -0.2) is 0 Å². The summed E-state index contributed by atoms with van der Waals surface area (Å²) in [7, 11) is 3.08. The van der Waals surface area contributed by atoms with Crippen LogP contribution in [-0.4, -0.2) is 29.9 Å². The van der Waals surface area contributed by atoms with Crippen molar-refractivity contribution < 1.29 is 14.3 Å². The normalized spacial score (nSPS) is 10.4. The molecule has 1 heterocycles. The van der Waals surface area contributed by atoms with E-state index in [1.54, 1.807) is 36.1 Å². The summed E-state index contributed by atoms with van der Waals surface area (Å²) in [5.74, 6) is 1.27. The van der Waals surface area contributed by atoms with E-state index in [1.807, 2.05) is 12.3 Å². The Hall–Kier alpha value is -3.28. The Morgan fingerprint density at radius 2 is 1.96 bits per heavy atom. The molecule has 0 aliphatic rings. The molecule has 0 bridgehead atoms. The Kier molecular flexibility index (Phi) is 5.22. The second-order valence-electron chi connectivity index (χ2n) is 5.91. The number of carbonyl (C=O) groups is 1. The summed E-state index contributed by atoms with van der Waals surface area (Å²) in [6, 6.07) is 15.1. The van der Waals surface area contributed by atoms with Crippen LogP contribution in [0.15, 0.2) is 54.7 Å². The second-order valence-corrected chi connectivity index (χ2v) is 5.91. The number of benzene rings is 2. The van der Waals surface area contributed by atoms with E-state index in [0.29, 0.717) is 29.4 Å². The van der Waals surface area contributed by atoms with Crippen molar-refractivity contribution in [2.75, 3.05) is 19.5 Å². The number of aromatic nitrogens is 2. The standard InChI is InChI=1S/C20H21N3O3/c1-14-5-4-6-15(11-14)13-23-10-9-19(22-23)21-20(24)17-8-7-16(25-2)12-18(17)26-3/h4-12H,13H2,1-3H3,(H,21,22,24). The summed E-state index contributed by atoms with van der Waals surface area (Å²) < 4.78 is 12.2. The molecule has 2 aromatic carbocycles. The number of carbonyl (C=O) groups excluding carboxylic acids is 1. The van der Waals surface area contributed by atoms with Gasteiger partial charge in [0.1, 0.15) is 11.5 Å². The number of ether oxygens (including phenoxy) is 2. The van der Waals surface area contributed by atoms with Crippen LogP contribution in [0.2, 0.25) is 0 Å². The van der Waals surface area contributed by atoms with Gasteiger partial charge in [-0.05, 0) is 24.6 Å². The predicted molar refractivity (Wildman–Crippen MR) is 100 cm³/mol. The van der Waals surface area contributed by atoms with Crippen molar-refractivity contribution in [1.29, 1.82) is 0 Å². The molecule has 1 amide bonds. The van der Waals surface area contributed by atoms with Crippen LogP contribution in [-0.2, 0) is 6.54 Å². The van der Waals surface area contributed by atoms with Crippen LogP contribution in [0.25, 0.3) is 0 Å². The summed E-state index contributed by atoms with van der Waals surface area (Å²) in [5, 5.41) is 7.21. The number of methoxy groups -OCH3 is 2. The van der Waals surface area contributed by atoms with E-state index >= 15 is 0 Å². The first kappa shape index (κ1) is 17.5. The van der Waals surface area contributed by atoms with E-state index < -0.39 is 0 Å². The number of nitrogens with one attached hydrogen (secondary N) is 1. The first-order valence-electron chi connectivity index (χ1n) is 8.21. The van der Waals surface area contributed by atoms with Crippen molar-refractivity contribution >= 4 is 11.7 Å². The molecule has 6 nitrogen and oxygen atoms in total. The molecule has 0 saturated heterocycles. The molecule has 0 saturated carbocycles. The van der Waals surface area contributed by atoms with Crippen molar-refractivity contribution in [3.63, 3.8) is 0 Å². The summed E-state index contributed by atoms with van der Waals surface area (Å²) in [4.78, 5) is 12.5. The molecule has 0 radical (unpaired) electrons. The molecule has 0 aliphatic carbocycles. The molecule has 3 aromatic rings. The third kappa shape index (κ3) is 4.03. The quantitative estimate of drug-likeness (QED) is 0.738. The SMILES string of the molecule is COc1ccc(C(=O)Nc2ccn(Cc3cccc(C)c3)n2)c(OC)c1. The number of amides is 1. The van der Waals surface area contributed by atoms with Crippen LogP contribution in [0.1, 0.15) is 21.5 Å². The summed E-state index contributed by atoms with van der Waals surface area (Å²) in [6.07, 6.45) is 1.84. The maximum atomic E-state index is 12.5. The van der Waals surface area contributed by atoms with Crippen molar-refractivity contribution in [3.8, 4) is 11.5 Å². The molecular formula is C20H21N3O3. The zero-order chi connectivity index (χ0) is 18.5. The van der Waals surface area contributed by atoms with Crippen LogP contribution in [0, 0.1) is 6.92 Å². The minimum Gasteiger partial charge on any atom is -0.497 e.